The third-order valence-corrected chi connectivity index (χ3v) is 1.73. The maximum atomic E-state index is 12.8. The minimum Gasteiger partial charge on any atom is -0.258 e. The molecule has 0 aliphatic carbocycles. The van der Waals surface area contributed by atoms with Crippen molar-refractivity contribution >= 4 is 18.3 Å². The summed E-state index contributed by atoms with van der Waals surface area (Å²) in [4.78, 5) is 9.41. The first-order valence-electron chi connectivity index (χ1n) is 3.13. The van der Waals surface area contributed by atoms with E-state index in [0.717, 1.165) is 6.07 Å². The van der Waals surface area contributed by atoms with Crippen LogP contribution in [0.4, 0.5) is 10.1 Å². The van der Waals surface area contributed by atoms with Crippen molar-refractivity contribution in [1.82, 2.24) is 0 Å². The molecule has 0 aliphatic heterocycles. The molecule has 0 unspecified atom stereocenters. The van der Waals surface area contributed by atoms with Crippen LogP contribution in [0.25, 0.3) is 0 Å². The summed E-state index contributed by atoms with van der Waals surface area (Å²) in [6, 6.07) is 3.29. The molecule has 0 spiro atoms. The molecular formula is C7H3FN2O2S. The van der Waals surface area contributed by atoms with Gasteiger partial charge in [-0.3, -0.25) is 10.1 Å². The van der Waals surface area contributed by atoms with E-state index in [1.54, 1.807) is 6.07 Å². The summed E-state index contributed by atoms with van der Waals surface area (Å²) in [5, 5.41) is 18.8. The largest absolute Gasteiger partial charge is 0.290 e. The van der Waals surface area contributed by atoms with Gasteiger partial charge in [0.1, 0.15) is 17.4 Å². The van der Waals surface area contributed by atoms with Crippen LogP contribution in [-0.2, 0) is 0 Å². The van der Waals surface area contributed by atoms with Gasteiger partial charge in [-0.05, 0) is 6.07 Å². The van der Waals surface area contributed by atoms with Crippen LogP contribution in [0, 0.1) is 27.3 Å². The minimum absolute atomic E-state index is 0.0813. The molecule has 0 heterocycles. The fourth-order valence-corrected chi connectivity index (χ4v) is 0.986. The Labute approximate surface area is 78.2 Å². The highest BCUT2D eigenvalue weighted by Gasteiger charge is 2.16. The number of nitro groups is 1. The Kier molecular flexibility index (Phi) is 2.49. The smallest absolute Gasteiger partial charge is 0.258 e. The normalized spacial score (nSPS) is 9.31. The molecule has 13 heavy (non-hydrogen) atoms. The van der Waals surface area contributed by atoms with E-state index < -0.39 is 16.4 Å². The van der Waals surface area contributed by atoms with Crippen LogP contribution in [0.3, 0.4) is 0 Å². The van der Waals surface area contributed by atoms with Gasteiger partial charge in [0.25, 0.3) is 5.69 Å². The third kappa shape index (κ3) is 1.76. The Bertz CT molecular complexity index is 414. The fourth-order valence-electron chi connectivity index (χ4n) is 0.792. The van der Waals surface area contributed by atoms with Crippen LogP contribution < -0.4 is 0 Å². The van der Waals surface area contributed by atoms with Gasteiger partial charge in [-0.2, -0.15) is 5.26 Å². The number of thiol groups is 1. The van der Waals surface area contributed by atoms with E-state index in [4.69, 9.17) is 5.26 Å². The summed E-state index contributed by atoms with van der Waals surface area (Å²) in [6.07, 6.45) is 0. The Hall–Kier alpha value is -1.61. The van der Waals surface area contributed by atoms with Gasteiger partial charge < -0.3 is 0 Å². The molecule has 0 atom stereocenters. The summed E-state index contributed by atoms with van der Waals surface area (Å²) < 4.78 is 12.8. The number of nitrogens with zero attached hydrogens (tertiary/aromatic N) is 2. The predicted molar refractivity (Wildman–Crippen MR) is 45.0 cm³/mol. The maximum absolute atomic E-state index is 12.8. The molecule has 0 aliphatic rings. The van der Waals surface area contributed by atoms with Gasteiger partial charge in [-0.25, -0.2) is 4.39 Å². The van der Waals surface area contributed by atoms with Gasteiger partial charge in [0.05, 0.1) is 11.0 Å². The highest BCUT2D eigenvalue weighted by Crippen LogP contribution is 2.23. The first-order valence-corrected chi connectivity index (χ1v) is 3.58. The number of nitro benzene ring substituents is 1. The summed E-state index contributed by atoms with van der Waals surface area (Å²) in [6.45, 7) is 0. The van der Waals surface area contributed by atoms with Gasteiger partial charge in [-0.15, -0.1) is 12.6 Å². The molecule has 0 bridgehead atoms. The third-order valence-electron chi connectivity index (χ3n) is 1.38. The van der Waals surface area contributed by atoms with E-state index in [1.807, 2.05) is 0 Å². The molecule has 1 aromatic rings. The summed E-state index contributed by atoms with van der Waals surface area (Å²) in [7, 11) is 0. The molecule has 1 aromatic carbocycles. The molecule has 1 rings (SSSR count). The second-order valence-electron chi connectivity index (χ2n) is 2.19. The standard InChI is InChI=1S/C7H3FN2O2S/c8-5-2-6(10(11)12)4(3-9)1-7(5)13/h1-2,13H. The number of nitriles is 1. The molecule has 0 saturated carbocycles. The maximum Gasteiger partial charge on any atom is 0.290 e. The molecule has 4 nitrogen and oxygen atoms in total. The summed E-state index contributed by atoms with van der Waals surface area (Å²) in [5.41, 5.74) is -0.741. The summed E-state index contributed by atoms with van der Waals surface area (Å²) >= 11 is 3.69. The average molecular weight is 198 g/mol. The van der Waals surface area contributed by atoms with Crippen LogP contribution >= 0.6 is 12.6 Å². The molecular weight excluding hydrogens is 195 g/mol. The second-order valence-corrected chi connectivity index (χ2v) is 2.67. The van der Waals surface area contributed by atoms with E-state index in [9.17, 15) is 14.5 Å². The molecule has 66 valence electrons. The van der Waals surface area contributed by atoms with Crippen molar-refractivity contribution < 1.29 is 9.31 Å². The SMILES string of the molecule is N#Cc1cc(S)c(F)cc1[N+](=O)[O-]. The Morgan fingerprint density at radius 2 is 2.23 bits per heavy atom. The van der Waals surface area contributed by atoms with Gasteiger partial charge in [0.2, 0.25) is 0 Å². The minimum atomic E-state index is -0.811. The van der Waals surface area contributed by atoms with Crippen LogP contribution in [0.15, 0.2) is 17.0 Å². The van der Waals surface area contributed by atoms with Gasteiger partial charge >= 0.3 is 0 Å². The van der Waals surface area contributed by atoms with Gasteiger partial charge in [0, 0.05) is 4.90 Å². The quantitative estimate of drug-likeness (QED) is 0.425. The molecule has 0 fully saturated rings. The molecule has 0 aromatic heterocycles. The predicted octanol–water partition coefficient (Wildman–Crippen LogP) is 1.89. The number of rotatable bonds is 1. The zero-order valence-electron chi connectivity index (χ0n) is 6.19. The van der Waals surface area contributed by atoms with E-state index in [1.165, 1.54) is 0 Å². The van der Waals surface area contributed by atoms with Crippen molar-refractivity contribution in [3.05, 3.63) is 33.6 Å². The van der Waals surface area contributed by atoms with Gasteiger partial charge in [-0.1, -0.05) is 0 Å². The van der Waals surface area contributed by atoms with E-state index in [2.05, 4.69) is 12.6 Å². The van der Waals surface area contributed by atoms with Crippen LogP contribution in [0.5, 0.6) is 0 Å². The lowest BCUT2D eigenvalue weighted by Crippen LogP contribution is -1.94. The van der Waals surface area contributed by atoms with Crippen molar-refractivity contribution in [3.8, 4) is 6.07 Å². The number of hydrogen-bond acceptors (Lipinski definition) is 4. The van der Waals surface area contributed by atoms with Gasteiger partial charge in [0.15, 0.2) is 0 Å². The van der Waals surface area contributed by atoms with Crippen molar-refractivity contribution in [3.63, 3.8) is 0 Å². The lowest BCUT2D eigenvalue weighted by molar-refractivity contribution is -0.385. The first-order chi connectivity index (χ1) is 6.06. The first kappa shape index (κ1) is 9.48. The van der Waals surface area contributed by atoms with E-state index in [0.29, 0.717) is 6.07 Å². The van der Waals surface area contributed by atoms with E-state index >= 15 is 0 Å². The number of hydrogen-bond donors (Lipinski definition) is 1. The lowest BCUT2D eigenvalue weighted by atomic mass is 10.2. The van der Waals surface area contributed by atoms with Crippen molar-refractivity contribution in [2.45, 2.75) is 4.90 Å². The van der Waals surface area contributed by atoms with E-state index in [-0.39, 0.29) is 10.5 Å². The topological polar surface area (TPSA) is 66.9 Å². The highest BCUT2D eigenvalue weighted by atomic mass is 32.1. The lowest BCUT2D eigenvalue weighted by Gasteiger charge is -1.97. The number of benzene rings is 1. The van der Waals surface area contributed by atoms with Crippen LogP contribution in [0.2, 0.25) is 0 Å². The summed E-state index contributed by atoms with van der Waals surface area (Å²) in [5.74, 6) is -0.811. The average Bonchev–Trinajstić information content (AvgIpc) is 2.08. The van der Waals surface area contributed by atoms with Crippen molar-refractivity contribution in [2.24, 2.45) is 0 Å². The molecule has 0 N–H and O–H groups in total. The molecule has 0 radical (unpaired) electrons. The van der Waals surface area contributed by atoms with Crippen LogP contribution in [-0.4, -0.2) is 4.92 Å². The molecule has 0 saturated heterocycles. The van der Waals surface area contributed by atoms with Crippen LogP contribution in [0.1, 0.15) is 5.56 Å². The molecule has 0 amide bonds. The second kappa shape index (κ2) is 3.41. The highest BCUT2D eigenvalue weighted by molar-refractivity contribution is 7.80. The fraction of sp³-hybridized carbons (Fsp3) is 0. The Morgan fingerprint density at radius 1 is 1.62 bits per heavy atom. The zero-order chi connectivity index (χ0) is 10.0. The Morgan fingerprint density at radius 3 is 2.69 bits per heavy atom. The van der Waals surface area contributed by atoms with Crippen molar-refractivity contribution in [1.29, 1.82) is 5.26 Å². The monoisotopic (exact) mass is 198 g/mol. The number of halogens is 1. The van der Waals surface area contributed by atoms with Crippen molar-refractivity contribution in [2.75, 3.05) is 0 Å². The Balaban J connectivity index is 3.44. The zero-order valence-corrected chi connectivity index (χ0v) is 7.09. The molecule has 6 heteroatoms.